The van der Waals surface area contributed by atoms with Crippen LogP contribution in [0.1, 0.15) is 93.7 Å². The van der Waals surface area contributed by atoms with Crippen molar-refractivity contribution in [2.75, 3.05) is 26.4 Å². The Morgan fingerprint density at radius 1 is 0.647 bits per heavy atom. The first-order chi connectivity index (χ1) is 25.1. The zero-order valence-corrected chi connectivity index (χ0v) is 30.1. The second-order valence-electron chi connectivity index (χ2n) is 13.2. The summed E-state index contributed by atoms with van der Waals surface area (Å²) in [5.41, 5.74) is 3.11. The summed E-state index contributed by atoms with van der Waals surface area (Å²) in [6, 6.07) is 26.7. The molecule has 0 aromatic heterocycles. The first-order valence-corrected chi connectivity index (χ1v) is 18.7. The van der Waals surface area contributed by atoms with Crippen LogP contribution >= 0.6 is 0 Å². The van der Waals surface area contributed by atoms with Crippen LogP contribution in [-0.4, -0.2) is 38.5 Å². The number of fused-ring (bicyclic) bond motifs is 1. The Morgan fingerprint density at radius 3 is 1.92 bits per heavy atom. The number of carbonyl (C=O) groups excluding carboxylic acids is 1. The second-order valence-corrected chi connectivity index (χ2v) is 13.2. The summed E-state index contributed by atoms with van der Waals surface area (Å²) in [6.07, 6.45) is 14.1. The zero-order chi connectivity index (χ0) is 35.5. The number of hydrogen-bond donors (Lipinski definition) is 0. The van der Waals surface area contributed by atoms with Crippen LogP contribution in [0, 0.1) is 18.8 Å². The van der Waals surface area contributed by atoms with Crippen molar-refractivity contribution >= 4 is 16.7 Å². The van der Waals surface area contributed by atoms with Gasteiger partial charge in [0.1, 0.15) is 11.5 Å². The summed E-state index contributed by atoms with van der Waals surface area (Å²) in [5, 5.41) is 2.24. The van der Waals surface area contributed by atoms with Gasteiger partial charge in [-0.15, -0.1) is 0 Å². The Hall–Kier alpha value is -4.89. The summed E-state index contributed by atoms with van der Waals surface area (Å²) >= 11 is 0. The van der Waals surface area contributed by atoms with Crippen LogP contribution < -0.4 is 18.9 Å². The van der Waals surface area contributed by atoms with E-state index in [0.29, 0.717) is 19.8 Å². The van der Waals surface area contributed by atoms with Gasteiger partial charge in [0.05, 0.1) is 32.5 Å². The second kappa shape index (κ2) is 20.7. The number of esters is 1. The van der Waals surface area contributed by atoms with Crippen molar-refractivity contribution in [1.82, 2.24) is 0 Å². The quantitative estimate of drug-likeness (QED) is 0.0399. The van der Waals surface area contributed by atoms with Crippen LogP contribution in [0.3, 0.4) is 0 Å². The highest BCUT2D eigenvalue weighted by Gasteiger charge is 2.19. The van der Waals surface area contributed by atoms with E-state index in [4.69, 9.17) is 23.7 Å². The summed E-state index contributed by atoms with van der Waals surface area (Å²) in [5.74, 6) is 9.73. The molecule has 4 aromatic rings. The average molecular weight is 689 g/mol. The Kier molecular flexibility index (Phi) is 15.2. The molecule has 0 radical (unpaired) electrons. The fraction of sp³-hybridized carbons (Fsp3) is 0.400. The van der Waals surface area contributed by atoms with E-state index in [1.54, 1.807) is 0 Å². The van der Waals surface area contributed by atoms with E-state index in [-0.39, 0.29) is 12.1 Å². The first-order valence-electron chi connectivity index (χ1n) is 18.7. The van der Waals surface area contributed by atoms with Gasteiger partial charge in [-0.25, -0.2) is 4.79 Å². The predicted octanol–water partition coefficient (Wildman–Crippen LogP) is 10.6. The molecule has 51 heavy (non-hydrogen) atoms. The molecule has 268 valence electrons. The molecule has 0 saturated heterocycles. The minimum Gasteiger partial charge on any atom is -0.494 e. The SMILES string of the molecule is C=CC(=O)OCCCCCCOc1ccc2cc(C#Cc3ccc(OCCCCCCOc4ccc(C)cc4)c(OC4CCCC4)c3)ccc2c1. The molecule has 1 fully saturated rings. The van der Waals surface area contributed by atoms with Gasteiger partial charge in [0, 0.05) is 17.2 Å². The van der Waals surface area contributed by atoms with Crippen molar-refractivity contribution < 1.29 is 28.5 Å². The van der Waals surface area contributed by atoms with Crippen molar-refractivity contribution in [3.8, 4) is 34.8 Å². The topological polar surface area (TPSA) is 63.2 Å². The maximum Gasteiger partial charge on any atom is 0.330 e. The number of benzene rings is 4. The van der Waals surface area contributed by atoms with Crippen LogP contribution in [0.5, 0.6) is 23.0 Å². The lowest BCUT2D eigenvalue weighted by Crippen LogP contribution is -2.12. The molecule has 0 bridgehead atoms. The number of carbonyl (C=O) groups is 1. The fourth-order valence-corrected chi connectivity index (χ4v) is 6.06. The van der Waals surface area contributed by atoms with E-state index in [0.717, 1.165) is 116 Å². The average Bonchev–Trinajstić information content (AvgIpc) is 3.67. The summed E-state index contributed by atoms with van der Waals surface area (Å²) in [4.78, 5) is 11.1. The smallest absolute Gasteiger partial charge is 0.330 e. The minimum absolute atomic E-state index is 0.235. The van der Waals surface area contributed by atoms with E-state index in [2.05, 4.69) is 67.8 Å². The number of aryl methyl sites for hydroxylation is 1. The molecule has 0 unspecified atom stereocenters. The van der Waals surface area contributed by atoms with E-state index in [1.807, 2.05) is 36.4 Å². The molecule has 0 spiro atoms. The van der Waals surface area contributed by atoms with Gasteiger partial charge in [0.15, 0.2) is 11.5 Å². The molecule has 0 N–H and O–H groups in total. The number of unbranched alkanes of at least 4 members (excludes halogenated alkanes) is 6. The van der Waals surface area contributed by atoms with Gasteiger partial charge >= 0.3 is 5.97 Å². The molecule has 1 aliphatic rings. The summed E-state index contributed by atoms with van der Waals surface area (Å²) < 4.78 is 29.6. The monoisotopic (exact) mass is 688 g/mol. The Labute approximate surface area is 304 Å². The molecule has 1 aliphatic carbocycles. The molecular formula is C45H52O6. The lowest BCUT2D eigenvalue weighted by Gasteiger charge is -2.17. The molecule has 6 heteroatoms. The van der Waals surface area contributed by atoms with Crippen LogP contribution in [-0.2, 0) is 9.53 Å². The highest BCUT2D eigenvalue weighted by atomic mass is 16.5. The zero-order valence-electron chi connectivity index (χ0n) is 30.1. The first kappa shape index (κ1) is 37.4. The van der Waals surface area contributed by atoms with Crippen LogP contribution in [0.15, 0.2) is 91.5 Å². The lowest BCUT2D eigenvalue weighted by atomic mass is 10.1. The summed E-state index contributed by atoms with van der Waals surface area (Å²) in [7, 11) is 0. The predicted molar refractivity (Wildman–Crippen MR) is 205 cm³/mol. The van der Waals surface area contributed by atoms with Crippen molar-refractivity contribution in [3.63, 3.8) is 0 Å². The molecule has 5 rings (SSSR count). The lowest BCUT2D eigenvalue weighted by molar-refractivity contribution is -0.137. The molecular weight excluding hydrogens is 636 g/mol. The number of rotatable bonds is 20. The van der Waals surface area contributed by atoms with E-state index >= 15 is 0 Å². The van der Waals surface area contributed by atoms with Gasteiger partial charge in [0.2, 0.25) is 0 Å². The maximum atomic E-state index is 11.1. The van der Waals surface area contributed by atoms with Gasteiger partial charge in [-0.1, -0.05) is 48.2 Å². The van der Waals surface area contributed by atoms with E-state index in [9.17, 15) is 4.79 Å². The van der Waals surface area contributed by atoms with Crippen molar-refractivity contribution in [3.05, 3.63) is 108 Å². The molecule has 1 saturated carbocycles. The minimum atomic E-state index is -0.363. The third kappa shape index (κ3) is 13.1. The molecule has 0 atom stereocenters. The maximum absolute atomic E-state index is 11.1. The van der Waals surface area contributed by atoms with Crippen molar-refractivity contribution in [2.24, 2.45) is 0 Å². The molecule has 0 heterocycles. The summed E-state index contributed by atoms with van der Waals surface area (Å²) in [6.45, 7) is 7.98. The third-order valence-corrected chi connectivity index (χ3v) is 9.01. The van der Waals surface area contributed by atoms with Gasteiger partial charge < -0.3 is 23.7 Å². The fourth-order valence-electron chi connectivity index (χ4n) is 6.06. The van der Waals surface area contributed by atoms with Crippen LogP contribution in [0.4, 0.5) is 0 Å². The van der Waals surface area contributed by atoms with Gasteiger partial charge in [-0.05, 0) is 149 Å². The van der Waals surface area contributed by atoms with Crippen LogP contribution in [0.25, 0.3) is 10.8 Å². The normalized spacial score (nSPS) is 12.6. The molecule has 4 aromatic carbocycles. The molecule has 0 amide bonds. The number of ether oxygens (including phenoxy) is 5. The number of hydrogen-bond acceptors (Lipinski definition) is 6. The van der Waals surface area contributed by atoms with Gasteiger partial charge in [-0.2, -0.15) is 0 Å². The Bertz CT molecular complexity index is 1740. The van der Waals surface area contributed by atoms with Gasteiger partial charge in [-0.3, -0.25) is 0 Å². The standard InChI is InChI=1S/C45H52O6/c1-3-45(46)50-31-13-7-5-11-29-48-42-26-23-38-32-36(20-22-39(38)34-42)18-19-37-21-27-43(44(33-37)51-41-14-8-9-15-41)49-30-12-6-4-10-28-47-40-24-16-35(2)17-25-40/h3,16-17,20-27,32-34,41H,1,4-15,28-31H2,2H3. The van der Waals surface area contributed by atoms with E-state index < -0.39 is 0 Å². The van der Waals surface area contributed by atoms with Crippen molar-refractivity contribution in [2.45, 2.75) is 90.1 Å². The molecule has 0 aliphatic heterocycles. The third-order valence-electron chi connectivity index (χ3n) is 9.01. The van der Waals surface area contributed by atoms with Gasteiger partial charge in [0.25, 0.3) is 0 Å². The highest BCUT2D eigenvalue weighted by Crippen LogP contribution is 2.33. The Morgan fingerprint density at radius 2 is 1.22 bits per heavy atom. The van der Waals surface area contributed by atoms with Crippen molar-refractivity contribution in [1.29, 1.82) is 0 Å². The highest BCUT2D eigenvalue weighted by molar-refractivity contribution is 5.85. The largest absolute Gasteiger partial charge is 0.494 e. The molecule has 6 nitrogen and oxygen atoms in total. The van der Waals surface area contributed by atoms with E-state index in [1.165, 1.54) is 24.5 Å². The Balaban J connectivity index is 1.08. The van der Waals surface area contributed by atoms with Crippen LogP contribution in [0.2, 0.25) is 0 Å².